The number of amides is 1. The standard InChI is InChI=1S/C28H23NO8/c1-2-35-28(34)18-6-3-7-19(13-18)29-24(16-5-4-8-20(30)14-16)23(26(32)27(29)33)25(31)17-9-10-21-22(15-17)37-12-11-36-21/h3-10,13-15,24,30-31H,2,11-12H2,1H3/b25-23-. The number of aromatic hydroxyl groups is 1. The van der Waals surface area contributed by atoms with Gasteiger partial charge in [-0.2, -0.15) is 0 Å². The molecule has 0 aliphatic carbocycles. The number of anilines is 1. The molecule has 2 N–H and O–H groups in total. The van der Waals surface area contributed by atoms with Crippen molar-refractivity contribution < 1.29 is 38.8 Å². The largest absolute Gasteiger partial charge is 0.508 e. The monoisotopic (exact) mass is 501 g/mol. The molecule has 188 valence electrons. The number of rotatable bonds is 5. The summed E-state index contributed by atoms with van der Waals surface area (Å²) >= 11 is 0. The number of carbonyl (C=O) groups excluding carboxylic acids is 3. The molecule has 3 aromatic rings. The smallest absolute Gasteiger partial charge is 0.338 e. The minimum absolute atomic E-state index is 0.0808. The van der Waals surface area contributed by atoms with Crippen LogP contribution in [-0.4, -0.2) is 47.7 Å². The molecule has 1 amide bonds. The van der Waals surface area contributed by atoms with Crippen molar-refractivity contribution in [1.29, 1.82) is 0 Å². The third-order valence-electron chi connectivity index (χ3n) is 6.08. The molecule has 0 bridgehead atoms. The van der Waals surface area contributed by atoms with Gasteiger partial charge in [-0.25, -0.2) is 4.79 Å². The van der Waals surface area contributed by atoms with Crippen LogP contribution in [0.4, 0.5) is 5.69 Å². The van der Waals surface area contributed by atoms with Gasteiger partial charge in [-0.3, -0.25) is 14.5 Å². The lowest BCUT2D eigenvalue weighted by Crippen LogP contribution is -2.29. The molecule has 2 aliphatic rings. The van der Waals surface area contributed by atoms with Crippen molar-refractivity contribution in [1.82, 2.24) is 0 Å². The molecule has 9 heteroatoms. The minimum atomic E-state index is -1.09. The quantitative estimate of drug-likeness (QED) is 0.233. The van der Waals surface area contributed by atoms with Crippen LogP contribution in [0.25, 0.3) is 5.76 Å². The van der Waals surface area contributed by atoms with E-state index in [1.54, 1.807) is 43.3 Å². The number of benzene rings is 3. The molecule has 0 saturated carbocycles. The molecule has 0 radical (unpaired) electrons. The summed E-state index contributed by atoms with van der Waals surface area (Å²) in [5, 5.41) is 21.5. The van der Waals surface area contributed by atoms with Crippen LogP contribution in [0.2, 0.25) is 0 Å². The first kappa shape index (κ1) is 23.9. The van der Waals surface area contributed by atoms with Gasteiger partial charge in [-0.1, -0.05) is 18.2 Å². The summed E-state index contributed by atoms with van der Waals surface area (Å²) in [5.74, 6) is -1.97. The Morgan fingerprint density at radius 2 is 1.73 bits per heavy atom. The van der Waals surface area contributed by atoms with Crippen LogP contribution in [-0.2, 0) is 14.3 Å². The van der Waals surface area contributed by atoms with Crippen molar-refractivity contribution in [3.05, 3.63) is 89.0 Å². The minimum Gasteiger partial charge on any atom is -0.508 e. The molecule has 2 aliphatic heterocycles. The number of ether oxygens (including phenoxy) is 3. The van der Waals surface area contributed by atoms with Crippen LogP contribution < -0.4 is 14.4 Å². The maximum absolute atomic E-state index is 13.4. The zero-order valence-electron chi connectivity index (χ0n) is 19.8. The van der Waals surface area contributed by atoms with E-state index in [4.69, 9.17) is 14.2 Å². The molecule has 0 spiro atoms. The van der Waals surface area contributed by atoms with Gasteiger partial charge in [0.15, 0.2) is 11.5 Å². The number of aliphatic hydroxyl groups is 1. The molecule has 1 unspecified atom stereocenters. The second-order valence-electron chi connectivity index (χ2n) is 8.39. The SMILES string of the molecule is CCOC(=O)c1cccc(N2C(=O)C(=O)/C(=C(\O)c3ccc4c(c3)OCCO4)C2c2cccc(O)c2)c1. The van der Waals surface area contributed by atoms with Crippen LogP contribution in [0.15, 0.2) is 72.3 Å². The Kier molecular flexibility index (Phi) is 6.27. The second-order valence-corrected chi connectivity index (χ2v) is 8.39. The van der Waals surface area contributed by atoms with Crippen LogP contribution in [0.1, 0.15) is 34.5 Å². The Labute approximate surface area is 212 Å². The first-order chi connectivity index (χ1) is 17.9. The summed E-state index contributed by atoms with van der Waals surface area (Å²) < 4.78 is 16.2. The van der Waals surface area contributed by atoms with Crippen molar-refractivity contribution in [2.24, 2.45) is 0 Å². The Hall–Kier alpha value is -4.79. The van der Waals surface area contributed by atoms with E-state index in [0.717, 1.165) is 0 Å². The van der Waals surface area contributed by atoms with Crippen LogP contribution in [0.3, 0.4) is 0 Å². The Morgan fingerprint density at radius 3 is 2.49 bits per heavy atom. The topological polar surface area (TPSA) is 123 Å². The maximum Gasteiger partial charge on any atom is 0.338 e. The first-order valence-electron chi connectivity index (χ1n) is 11.7. The van der Waals surface area contributed by atoms with E-state index in [0.29, 0.717) is 30.3 Å². The van der Waals surface area contributed by atoms with Crippen LogP contribution >= 0.6 is 0 Å². The Balaban J connectivity index is 1.67. The summed E-state index contributed by atoms with van der Waals surface area (Å²) in [6.07, 6.45) is 0. The summed E-state index contributed by atoms with van der Waals surface area (Å²) in [7, 11) is 0. The first-order valence-corrected chi connectivity index (χ1v) is 11.7. The average molecular weight is 501 g/mol. The maximum atomic E-state index is 13.4. The number of Topliss-reactive ketones (excluding diaryl/α,β-unsaturated/α-hetero) is 1. The van der Waals surface area contributed by atoms with Gasteiger partial charge in [0.1, 0.15) is 24.7 Å². The predicted octanol–water partition coefficient (Wildman–Crippen LogP) is 3.97. The fraction of sp³-hybridized carbons (Fsp3) is 0.179. The second kappa shape index (κ2) is 9.69. The lowest BCUT2D eigenvalue weighted by Gasteiger charge is -2.26. The normalized spacial score (nSPS) is 18.1. The number of phenolic OH excluding ortho intramolecular Hbond substituents is 1. The molecule has 1 atom stereocenters. The summed E-state index contributed by atoms with van der Waals surface area (Å²) in [6.45, 7) is 2.58. The van der Waals surface area contributed by atoms with E-state index in [-0.39, 0.29) is 34.7 Å². The van der Waals surface area contributed by atoms with Crippen molar-refractivity contribution in [2.45, 2.75) is 13.0 Å². The number of ketones is 1. The molecule has 37 heavy (non-hydrogen) atoms. The number of aliphatic hydroxyl groups excluding tert-OH is 1. The van der Waals surface area contributed by atoms with E-state index < -0.39 is 29.5 Å². The number of hydrogen-bond donors (Lipinski definition) is 2. The van der Waals surface area contributed by atoms with Gasteiger partial charge in [-0.05, 0) is 61.0 Å². The number of fused-ring (bicyclic) bond motifs is 1. The fourth-order valence-electron chi connectivity index (χ4n) is 4.45. The highest BCUT2D eigenvalue weighted by molar-refractivity contribution is 6.51. The number of phenols is 1. The lowest BCUT2D eigenvalue weighted by atomic mass is 9.94. The Bertz CT molecular complexity index is 1440. The number of nitrogens with zero attached hydrogens (tertiary/aromatic N) is 1. The Morgan fingerprint density at radius 1 is 0.973 bits per heavy atom. The molecule has 1 fully saturated rings. The van der Waals surface area contributed by atoms with Gasteiger partial charge in [0, 0.05) is 11.3 Å². The van der Waals surface area contributed by atoms with Gasteiger partial charge >= 0.3 is 5.97 Å². The molecule has 9 nitrogen and oxygen atoms in total. The van der Waals surface area contributed by atoms with Crippen molar-refractivity contribution in [3.63, 3.8) is 0 Å². The number of hydrogen-bond acceptors (Lipinski definition) is 8. The highest BCUT2D eigenvalue weighted by Crippen LogP contribution is 2.44. The molecule has 1 saturated heterocycles. The van der Waals surface area contributed by atoms with Crippen molar-refractivity contribution in [3.8, 4) is 17.2 Å². The zero-order chi connectivity index (χ0) is 26.1. The third kappa shape index (κ3) is 4.35. The van der Waals surface area contributed by atoms with E-state index in [9.17, 15) is 24.6 Å². The summed E-state index contributed by atoms with van der Waals surface area (Å²) in [5.41, 5.74) is 0.922. The summed E-state index contributed by atoms with van der Waals surface area (Å²) in [4.78, 5) is 40.3. The lowest BCUT2D eigenvalue weighted by molar-refractivity contribution is -0.132. The highest BCUT2D eigenvalue weighted by Gasteiger charge is 2.47. The van der Waals surface area contributed by atoms with Gasteiger partial charge in [0.2, 0.25) is 0 Å². The van der Waals surface area contributed by atoms with Gasteiger partial charge in [0.05, 0.1) is 23.8 Å². The summed E-state index contributed by atoms with van der Waals surface area (Å²) in [6, 6.07) is 15.8. The van der Waals surface area contributed by atoms with Crippen LogP contribution in [0.5, 0.6) is 17.2 Å². The number of esters is 1. The molecule has 2 heterocycles. The van der Waals surface area contributed by atoms with Crippen LogP contribution in [0, 0.1) is 0 Å². The predicted molar refractivity (Wildman–Crippen MR) is 133 cm³/mol. The molecule has 3 aromatic carbocycles. The van der Waals surface area contributed by atoms with E-state index in [1.807, 2.05) is 0 Å². The molecule has 5 rings (SSSR count). The zero-order valence-corrected chi connectivity index (χ0v) is 19.8. The molecular weight excluding hydrogens is 478 g/mol. The van der Waals surface area contributed by atoms with Crippen molar-refractivity contribution >= 4 is 29.1 Å². The van der Waals surface area contributed by atoms with Gasteiger partial charge < -0.3 is 24.4 Å². The van der Waals surface area contributed by atoms with E-state index in [2.05, 4.69) is 0 Å². The average Bonchev–Trinajstić information content (AvgIpc) is 3.18. The van der Waals surface area contributed by atoms with Crippen molar-refractivity contribution in [2.75, 3.05) is 24.7 Å². The fourth-order valence-corrected chi connectivity index (χ4v) is 4.45. The molecular formula is C28H23NO8. The molecule has 0 aromatic heterocycles. The van der Waals surface area contributed by atoms with Gasteiger partial charge in [0.25, 0.3) is 11.7 Å². The highest BCUT2D eigenvalue weighted by atomic mass is 16.6. The number of carbonyl (C=O) groups is 3. The van der Waals surface area contributed by atoms with E-state index >= 15 is 0 Å². The van der Waals surface area contributed by atoms with Gasteiger partial charge in [-0.15, -0.1) is 0 Å². The van der Waals surface area contributed by atoms with E-state index in [1.165, 1.54) is 35.2 Å². The third-order valence-corrected chi connectivity index (χ3v) is 6.08.